The Morgan fingerprint density at radius 1 is 1.08 bits per heavy atom. The number of halogens is 2. The van der Waals surface area contributed by atoms with Gasteiger partial charge in [-0.05, 0) is 25.0 Å². The summed E-state index contributed by atoms with van der Waals surface area (Å²) in [5.74, 6) is -2.06. The van der Waals surface area contributed by atoms with Gasteiger partial charge in [0.2, 0.25) is 5.91 Å². The lowest BCUT2D eigenvalue weighted by molar-refractivity contribution is -0.143. The van der Waals surface area contributed by atoms with Crippen LogP contribution in [0, 0.1) is 17.0 Å². The van der Waals surface area contributed by atoms with E-state index in [0.29, 0.717) is 51.6 Å². The van der Waals surface area contributed by atoms with E-state index in [4.69, 9.17) is 5.73 Å². The lowest BCUT2D eigenvalue weighted by Gasteiger charge is -2.40. The van der Waals surface area contributed by atoms with Crippen molar-refractivity contribution < 1.29 is 18.4 Å². The molecule has 5 nitrogen and oxygen atoms in total. The van der Waals surface area contributed by atoms with Crippen molar-refractivity contribution >= 4 is 11.8 Å². The molecule has 2 amide bonds. The molecule has 0 aromatic heterocycles. The monoisotopic (exact) mass is 353 g/mol. The molecule has 1 saturated heterocycles. The summed E-state index contributed by atoms with van der Waals surface area (Å²) in [5.41, 5.74) is 5.12. The topological polar surface area (TPSA) is 66.6 Å². The Hall–Kier alpha value is -2.02. The zero-order valence-corrected chi connectivity index (χ0v) is 14.7. The molecule has 0 unspecified atom stereocenters. The molecule has 2 rings (SSSR count). The molecule has 1 aliphatic heterocycles. The second-order valence-electron chi connectivity index (χ2n) is 6.40. The number of hydrogen-bond donors (Lipinski definition) is 1. The number of benzene rings is 1. The average molecular weight is 353 g/mol. The maximum Gasteiger partial charge on any atom is 0.256 e. The van der Waals surface area contributed by atoms with Crippen LogP contribution in [0.5, 0.6) is 0 Å². The predicted molar refractivity (Wildman–Crippen MR) is 90.9 cm³/mol. The number of hydrogen-bond acceptors (Lipinski definition) is 3. The van der Waals surface area contributed by atoms with Crippen molar-refractivity contribution in [2.24, 2.45) is 11.1 Å². The summed E-state index contributed by atoms with van der Waals surface area (Å²) >= 11 is 0. The largest absolute Gasteiger partial charge is 0.339 e. The number of rotatable bonds is 5. The first-order chi connectivity index (χ1) is 11.9. The van der Waals surface area contributed by atoms with Gasteiger partial charge < -0.3 is 15.5 Å². The molecule has 1 aromatic carbocycles. The van der Waals surface area contributed by atoms with Crippen molar-refractivity contribution in [1.82, 2.24) is 9.80 Å². The summed E-state index contributed by atoms with van der Waals surface area (Å²) in [5, 5.41) is 0. The van der Waals surface area contributed by atoms with E-state index >= 15 is 0 Å². The Labute approximate surface area is 146 Å². The lowest BCUT2D eigenvalue weighted by atomic mass is 9.81. The van der Waals surface area contributed by atoms with Gasteiger partial charge >= 0.3 is 0 Å². The summed E-state index contributed by atoms with van der Waals surface area (Å²) in [6.45, 7) is 5.59. The van der Waals surface area contributed by atoms with Gasteiger partial charge in [-0.25, -0.2) is 8.78 Å². The molecule has 0 aliphatic carbocycles. The van der Waals surface area contributed by atoms with Gasteiger partial charge in [-0.2, -0.15) is 0 Å². The predicted octanol–water partition coefficient (Wildman–Crippen LogP) is 2.01. The van der Waals surface area contributed by atoms with Crippen LogP contribution >= 0.6 is 0 Å². The molecule has 25 heavy (non-hydrogen) atoms. The third-order valence-electron chi connectivity index (χ3n) is 5.21. The highest BCUT2D eigenvalue weighted by molar-refractivity contribution is 5.94. The van der Waals surface area contributed by atoms with Crippen LogP contribution in [0.2, 0.25) is 0 Å². The average Bonchev–Trinajstić information content (AvgIpc) is 2.63. The Morgan fingerprint density at radius 2 is 1.64 bits per heavy atom. The highest BCUT2D eigenvalue weighted by Gasteiger charge is 2.38. The molecule has 1 aliphatic rings. The molecule has 0 bridgehead atoms. The SMILES string of the molecule is CCC(CC)(CN)C(=O)N1CCN(C(=O)c2ccc(F)cc2F)CC1. The minimum Gasteiger partial charge on any atom is -0.339 e. The molecule has 1 aromatic rings. The first kappa shape index (κ1) is 19.3. The van der Waals surface area contributed by atoms with E-state index in [1.54, 1.807) is 4.90 Å². The second-order valence-corrected chi connectivity index (χ2v) is 6.40. The van der Waals surface area contributed by atoms with Crippen LogP contribution in [0.25, 0.3) is 0 Å². The zero-order valence-electron chi connectivity index (χ0n) is 14.7. The number of carbonyl (C=O) groups is 2. The van der Waals surface area contributed by atoms with Crippen molar-refractivity contribution in [3.8, 4) is 0 Å². The standard InChI is InChI=1S/C18H25F2N3O2/c1-3-18(4-2,12-21)17(25)23-9-7-22(8-10-23)16(24)14-6-5-13(19)11-15(14)20/h5-6,11H,3-4,7-10,12,21H2,1-2H3. The Balaban J connectivity index is 2.04. The number of nitrogens with zero attached hydrogens (tertiary/aromatic N) is 2. The van der Waals surface area contributed by atoms with E-state index in [-0.39, 0.29) is 11.5 Å². The van der Waals surface area contributed by atoms with Crippen molar-refractivity contribution in [2.45, 2.75) is 26.7 Å². The Bertz CT molecular complexity index is 631. The van der Waals surface area contributed by atoms with Crippen molar-refractivity contribution in [3.63, 3.8) is 0 Å². The van der Waals surface area contributed by atoms with E-state index in [1.165, 1.54) is 4.90 Å². The first-order valence-corrected chi connectivity index (χ1v) is 8.62. The Kier molecular flexibility index (Phi) is 6.11. The molecule has 7 heteroatoms. The third-order valence-corrected chi connectivity index (χ3v) is 5.21. The number of amides is 2. The number of piperazine rings is 1. The minimum absolute atomic E-state index is 0.0139. The van der Waals surface area contributed by atoms with Gasteiger partial charge in [0.1, 0.15) is 11.6 Å². The lowest BCUT2D eigenvalue weighted by Crippen LogP contribution is -2.55. The van der Waals surface area contributed by atoms with Gasteiger partial charge in [-0.1, -0.05) is 13.8 Å². The molecular formula is C18H25F2N3O2. The fraction of sp³-hybridized carbons (Fsp3) is 0.556. The van der Waals surface area contributed by atoms with Gasteiger partial charge in [0.05, 0.1) is 11.0 Å². The Morgan fingerprint density at radius 3 is 2.12 bits per heavy atom. The van der Waals surface area contributed by atoms with Crippen LogP contribution in [0.4, 0.5) is 8.78 Å². The van der Waals surface area contributed by atoms with Crippen LogP contribution in [-0.2, 0) is 4.79 Å². The maximum absolute atomic E-state index is 13.8. The van der Waals surface area contributed by atoms with E-state index in [0.717, 1.165) is 12.1 Å². The fourth-order valence-electron chi connectivity index (χ4n) is 3.21. The minimum atomic E-state index is -0.873. The smallest absolute Gasteiger partial charge is 0.256 e. The molecule has 138 valence electrons. The molecular weight excluding hydrogens is 328 g/mol. The van der Waals surface area contributed by atoms with Gasteiger partial charge in [0, 0.05) is 38.8 Å². The normalized spacial score (nSPS) is 15.4. The van der Waals surface area contributed by atoms with Gasteiger partial charge in [-0.15, -0.1) is 0 Å². The fourth-order valence-corrected chi connectivity index (χ4v) is 3.21. The molecule has 2 N–H and O–H groups in total. The van der Waals surface area contributed by atoms with Crippen LogP contribution in [0.1, 0.15) is 37.0 Å². The van der Waals surface area contributed by atoms with E-state index in [9.17, 15) is 18.4 Å². The maximum atomic E-state index is 13.8. The highest BCUT2D eigenvalue weighted by Crippen LogP contribution is 2.28. The summed E-state index contributed by atoms with van der Waals surface area (Å²) in [6, 6.07) is 2.91. The summed E-state index contributed by atoms with van der Waals surface area (Å²) in [7, 11) is 0. The van der Waals surface area contributed by atoms with E-state index in [2.05, 4.69) is 0 Å². The molecule has 1 fully saturated rings. The van der Waals surface area contributed by atoms with Crippen LogP contribution in [0.15, 0.2) is 18.2 Å². The molecule has 0 saturated carbocycles. The molecule has 0 atom stereocenters. The van der Waals surface area contributed by atoms with Gasteiger partial charge in [-0.3, -0.25) is 9.59 Å². The summed E-state index contributed by atoms with van der Waals surface area (Å²) < 4.78 is 26.8. The second kappa shape index (κ2) is 7.91. The molecule has 1 heterocycles. The summed E-state index contributed by atoms with van der Waals surface area (Å²) in [4.78, 5) is 28.4. The van der Waals surface area contributed by atoms with E-state index in [1.807, 2.05) is 13.8 Å². The van der Waals surface area contributed by atoms with Gasteiger partial charge in [0.15, 0.2) is 0 Å². The first-order valence-electron chi connectivity index (χ1n) is 8.62. The number of nitrogens with two attached hydrogens (primary N) is 1. The van der Waals surface area contributed by atoms with Gasteiger partial charge in [0.25, 0.3) is 5.91 Å². The van der Waals surface area contributed by atoms with Crippen molar-refractivity contribution in [1.29, 1.82) is 0 Å². The zero-order chi connectivity index (χ0) is 18.6. The quantitative estimate of drug-likeness (QED) is 0.881. The molecule has 0 radical (unpaired) electrons. The third kappa shape index (κ3) is 3.81. The van der Waals surface area contributed by atoms with Crippen molar-refractivity contribution in [3.05, 3.63) is 35.4 Å². The summed E-state index contributed by atoms with van der Waals surface area (Å²) in [6.07, 6.45) is 1.33. The van der Waals surface area contributed by atoms with Crippen LogP contribution in [-0.4, -0.2) is 54.3 Å². The van der Waals surface area contributed by atoms with Crippen LogP contribution in [0.3, 0.4) is 0 Å². The number of carbonyl (C=O) groups excluding carboxylic acids is 2. The van der Waals surface area contributed by atoms with E-state index < -0.39 is 23.0 Å². The highest BCUT2D eigenvalue weighted by atomic mass is 19.1. The van der Waals surface area contributed by atoms with Crippen molar-refractivity contribution in [2.75, 3.05) is 32.7 Å². The molecule has 0 spiro atoms. The van der Waals surface area contributed by atoms with Crippen LogP contribution < -0.4 is 5.73 Å².